The molecular formula is C36H42O4. The Balaban J connectivity index is 1.50. The lowest BCUT2D eigenvalue weighted by atomic mass is 9.50. The van der Waals surface area contributed by atoms with E-state index in [2.05, 4.69) is 51.1 Å². The summed E-state index contributed by atoms with van der Waals surface area (Å²) in [5.41, 5.74) is 4.76. The van der Waals surface area contributed by atoms with Gasteiger partial charge in [0.05, 0.1) is 0 Å². The Morgan fingerprint density at radius 1 is 0.850 bits per heavy atom. The number of fused-ring (bicyclic) bond motifs is 1. The van der Waals surface area contributed by atoms with Gasteiger partial charge in [-0.1, -0.05) is 87.9 Å². The van der Waals surface area contributed by atoms with Crippen LogP contribution in [0.25, 0.3) is 0 Å². The van der Waals surface area contributed by atoms with Crippen LogP contribution in [-0.2, 0) is 29.2 Å². The van der Waals surface area contributed by atoms with Crippen LogP contribution >= 0.6 is 0 Å². The van der Waals surface area contributed by atoms with Gasteiger partial charge >= 0.3 is 5.97 Å². The first-order valence-corrected chi connectivity index (χ1v) is 14.6. The third kappa shape index (κ3) is 6.27. The molecule has 4 nitrogen and oxygen atoms in total. The second-order valence-electron chi connectivity index (χ2n) is 12.3. The van der Waals surface area contributed by atoms with Crippen molar-refractivity contribution in [1.82, 2.24) is 0 Å². The van der Waals surface area contributed by atoms with Gasteiger partial charge in [0, 0.05) is 25.3 Å². The summed E-state index contributed by atoms with van der Waals surface area (Å²) in [6.07, 6.45) is 6.02. The number of esters is 1. The van der Waals surface area contributed by atoms with Crippen molar-refractivity contribution in [2.24, 2.45) is 16.7 Å². The first-order chi connectivity index (χ1) is 19.2. The number of ether oxygens (including phenoxy) is 3. The lowest BCUT2D eigenvalue weighted by molar-refractivity contribution is -0.138. The Morgan fingerprint density at radius 3 is 2.15 bits per heavy atom. The summed E-state index contributed by atoms with van der Waals surface area (Å²) in [5.74, 6) is 2.79. The molecule has 0 N–H and O–H groups in total. The summed E-state index contributed by atoms with van der Waals surface area (Å²) in [7, 11) is 0. The van der Waals surface area contributed by atoms with E-state index in [1.807, 2.05) is 48.5 Å². The Labute approximate surface area is 239 Å². The molecule has 1 saturated carbocycles. The first-order valence-electron chi connectivity index (χ1n) is 14.6. The molecular weight excluding hydrogens is 496 g/mol. The molecule has 0 unspecified atom stereocenters. The summed E-state index contributed by atoms with van der Waals surface area (Å²) in [6.45, 7) is 9.72. The minimum absolute atomic E-state index is 0.0393. The van der Waals surface area contributed by atoms with E-state index in [-0.39, 0.29) is 16.8 Å². The van der Waals surface area contributed by atoms with Gasteiger partial charge in [0.1, 0.15) is 30.5 Å². The van der Waals surface area contributed by atoms with Gasteiger partial charge in [-0.3, -0.25) is 4.79 Å². The Morgan fingerprint density at radius 2 is 1.50 bits per heavy atom. The van der Waals surface area contributed by atoms with Crippen molar-refractivity contribution in [3.63, 3.8) is 0 Å². The predicted molar refractivity (Wildman–Crippen MR) is 159 cm³/mol. The molecule has 0 heterocycles. The third-order valence-electron chi connectivity index (χ3n) is 9.07. The Kier molecular flexibility index (Phi) is 8.35. The van der Waals surface area contributed by atoms with Gasteiger partial charge in [-0.15, -0.1) is 0 Å². The van der Waals surface area contributed by atoms with Crippen LogP contribution < -0.4 is 9.47 Å². The van der Waals surface area contributed by atoms with E-state index in [0.717, 1.165) is 53.2 Å². The number of carbonyl (C=O) groups excluding carboxylic acids is 1. The maximum Gasteiger partial charge on any atom is 0.307 e. The number of carbonyl (C=O) groups is 1. The van der Waals surface area contributed by atoms with Crippen molar-refractivity contribution in [3.05, 3.63) is 107 Å². The zero-order valence-electron chi connectivity index (χ0n) is 24.4. The van der Waals surface area contributed by atoms with Crippen molar-refractivity contribution in [2.75, 3.05) is 0 Å². The number of hydrogen-bond acceptors (Lipinski definition) is 4. The molecule has 0 spiro atoms. The van der Waals surface area contributed by atoms with Gasteiger partial charge in [0.25, 0.3) is 0 Å². The quantitative estimate of drug-likeness (QED) is 0.255. The maximum absolute atomic E-state index is 12.2. The smallest absolute Gasteiger partial charge is 0.307 e. The topological polar surface area (TPSA) is 44.8 Å². The molecule has 0 saturated heterocycles. The summed E-state index contributed by atoms with van der Waals surface area (Å²) in [5, 5.41) is 0. The van der Waals surface area contributed by atoms with Crippen LogP contribution in [0.3, 0.4) is 0 Å². The van der Waals surface area contributed by atoms with E-state index < -0.39 is 0 Å². The zero-order chi connectivity index (χ0) is 28.2. The monoisotopic (exact) mass is 538 g/mol. The summed E-state index contributed by atoms with van der Waals surface area (Å²) in [6, 6.07) is 26.6. The predicted octanol–water partition coefficient (Wildman–Crippen LogP) is 8.83. The van der Waals surface area contributed by atoms with E-state index in [4.69, 9.17) is 14.2 Å². The molecule has 4 heteroatoms. The average molecular weight is 539 g/mol. The first kappa shape index (κ1) is 28.0. The molecule has 0 amide bonds. The van der Waals surface area contributed by atoms with Gasteiger partial charge in [-0.25, -0.2) is 0 Å². The van der Waals surface area contributed by atoms with E-state index in [0.29, 0.717) is 25.6 Å². The van der Waals surface area contributed by atoms with Crippen molar-refractivity contribution < 1.29 is 19.0 Å². The molecule has 0 aliphatic heterocycles. The van der Waals surface area contributed by atoms with Crippen molar-refractivity contribution in [2.45, 2.75) is 79.4 Å². The average Bonchev–Trinajstić information content (AvgIpc) is 2.93. The standard InChI is InChI=1S/C36H42O4/c1-26(37)40-33-18-19-34-35(2,3)20-11-21-36(34,4)31(33)23-29-22-30(38-24-27-12-7-5-8-13-27)16-17-32(29)39-25-28-14-9-6-10-15-28/h5-10,12-17,22,34H,11,18-21,23-25H2,1-4H3/t34-,36+/m1/s1. The lowest BCUT2D eigenvalue weighted by Crippen LogP contribution is -2.46. The van der Waals surface area contributed by atoms with Gasteiger partial charge in [-0.2, -0.15) is 0 Å². The van der Waals surface area contributed by atoms with Crippen LogP contribution in [0.15, 0.2) is 90.2 Å². The molecule has 210 valence electrons. The van der Waals surface area contributed by atoms with Crippen LogP contribution in [0.2, 0.25) is 0 Å². The molecule has 5 rings (SSSR count). The van der Waals surface area contributed by atoms with E-state index >= 15 is 0 Å². The fourth-order valence-electron chi connectivity index (χ4n) is 7.12. The molecule has 3 aromatic rings. The fourth-order valence-corrected chi connectivity index (χ4v) is 7.12. The van der Waals surface area contributed by atoms with E-state index in [1.165, 1.54) is 25.3 Å². The Hall–Kier alpha value is -3.53. The van der Waals surface area contributed by atoms with Crippen LogP contribution in [0.5, 0.6) is 11.5 Å². The number of allylic oxidation sites excluding steroid dienone is 2. The third-order valence-corrected chi connectivity index (χ3v) is 9.07. The van der Waals surface area contributed by atoms with Gasteiger partial charge < -0.3 is 14.2 Å². The fraction of sp³-hybridized carbons (Fsp3) is 0.417. The maximum atomic E-state index is 12.2. The van der Waals surface area contributed by atoms with Gasteiger partial charge in [0.15, 0.2) is 0 Å². The number of benzene rings is 3. The largest absolute Gasteiger partial charge is 0.489 e. The highest BCUT2D eigenvalue weighted by molar-refractivity contribution is 5.67. The van der Waals surface area contributed by atoms with Crippen molar-refractivity contribution in [3.8, 4) is 11.5 Å². The minimum atomic E-state index is -0.245. The highest BCUT2D eigenvalue weighted by atomic mass is 16.5. The molecule has 2 aliphatic carbocycles. The number of hydrogen-bond donors (Lipinski definition) is 0. The highest BCUT2D eigenvalue weighted by Crippen LogP contribution is 2.60. The summed E-state index contributed by atoms with van der Waals surface area (Å²) in [4.78, 5) is 12.2. The molecule has 40 heavy (non-hydrogen) atoms. The molecule has 1 fully saturated rings. The highest BCUT2D eigenvalue weighted by Gasteiger charge is 2.51. The van der Waals surface area contributed by atoms with Crippen LogP contribution in [0.1, 0.15) is 76.5 Å². The van der Waals surface area contributed by atoms with Crippen molar-refractivity contribution in [1.29, 1.82) is 0 Å². The molecule has 0 radical (unpaired) electrons. The Bertz CT molecular complexity index is 1340. The summed E-state index contributed by atoms with van der Waals surface area (Å²) >= 11 is 0. The van der Waals surface area contributed by atoms with Gasteiger partial charge in [-0.05, 0) is 70.9 Å². The molecule has 2 aliphatic rings. The number of rotatable bonds is 9. The van der Waals surface area contributed by atoms with Gasteiger partial charge in [0.2, 0.25) is 0 Å². The second kappa shape index (κ2) is 11.9. The molecule has 0 aromatic heterocycles. The minimum Gasteiger partial charge on any atom is -0.489 e. The second-order valence-corrected chi connectivity index (χ2v) is 12.3. The molecule has 0 bridgehead atoms. The molecule has 2 atom stereocenters. The zero-order valence-corrected chi connectivity index (χ0v) is 24.4. The van der Waals surface area contributed by atoms with Crippen molar-refractivity contribution >= 4 is 5.97 Å². The molecule has 3 aromatic carbocycles. The van der Waals surface area contributed by atoms with Crippen LogP contribution in [-0.4, -0.2) is 5.97 Å². The van der Waals surface area contributed by atoms with Crippen LogP contribution in [0.4, 0.5) is 0 Å². The SMILES string of the molecule is CC(=O)OC1=C(Cc2cc(OCc3ccccc3)ccc2OCc2ccccc2)[C@]2(C)CCCC(C)(C)[C@H]2CC1. The lowest BCUT2D eigenvalue weighted by Gasteiger charge is -2.55. The van der Waals surface area contributed by atoms with E-state index in [1.54, 1.807) is 0 Å². The normalized spacial score (nSPS) is 21.9. The van der Waals surface area contributed by atoms with Crippen LogP contribution in [0, 0.1) is 16.7 Å². The summed E-state index contributed by atoms with van der Waals surface area (Å²) < 4.78 is 18.6. The van der Waals surface area contributed by atoms with E-state index in [9.17, 15) is 4.79 Å².